The normalized spacial score (nSPS) is 24.0. The highest BCUT2D eigenvalue weighted by Crippen LogP contribution is 2.44. The van der Waals surface area contributed by atoms with Crippen LogP contribution in [0.4, 0.5) is 0 Å². The second kappa shape index (κ2) is 8.24. The van der Waals surface area contributed by atoms with Gasteiger partial charge in [0, 0.05) is 29.9 Å². The number of Topliss-reactive ketones (excluding diaryl/α,β-unsaturated/α-hetero) is 1. The Morgan fingerprint density at radius 3 is 2.65 bits per heavy atom. The fourth-order valence-corrected chi connectivity index (χ4v) is 4.28. The first-order valence-corrected chi connectivity index (χ1v) is 11.1. The minimum atomic E-state index is -1.14. The average molecular weight is 425 g/mol. The third-order valence-corrected chi connectivity index (χ3v) is 6.37. The molecule has 166 valence electrons. The highest BCUT2D eigenvalue weighted by atomic mass is 16.5. The fourth-order valence-electron chi connectivity index (χ4n) is 4.28. The zero-order chi connectivity index (χ0) is 22.2. The van der Waals surface area contributed by atoms with Gasteiger partial charge in [0.2, 0.25) is 11.7 Å². The van der Waals surface area contributed by atoms with Crippen LogP contribution in [-0.4, -0.2) is 41.2 Å². The monoisotopic (exact) mass is 424 g/mol. The Bertz CT molecular complexity index is 954. The maximum Gasteiger partial charge on any atom is 0.220 e. The number of rotatable bonds is 7. The molecule has 4 rings (SSSR count). The van der Waals surface area contributed by atoms with Crippen LogP contribution in [-0.2, 0) is 5.60 Å². The van der Waals surface area contributed by atoms with E-state index in [1.54, 1.807) is 39.3 Å². The molecule has 2 aromatic rings. The number of nitrogens with one attached hydrogen (secondary N) is 1. The van der Waals surface area contributed by atoms with E-state index >= 15 is 0 Å². The molecule has 2 N–H and O–H groups in total. The summed E-state index contributed by atoms with van der Waals surface area (Å²) in [6.45, 7) is 5.90. The van der Waals surface area contributed by atoms with Gasteiger partial charge in [-0.05, 0) is 88.3 Å². The highest BCUT2D eigenvalue weighted by Gasteiger charge is 2.46. The van der Waals surface area contributed by atoms with E-state index in [4.69, 9.17) is 9.47 Å². The summed E-state index contributed by atoms with van der Waals surface area (Å²) in [5.41, 5.74) is 0.0785. The average Bonchev–Trinajstić information content (AvgIpc) is 3.59. The number of piperidine rings is 1. The van der Waals surface area contributed by atoms with Gasteiger partial charge < -0.3 is 19.9 Å². The van der Waals surface area contributed by atoms with Crippen LogP contribution >= 0.6 is 0 Å². The third-order valence-electron chi connectivity index (χ3n) is 6.37. The number of carbonyl (C=O) groups is 1. The molecular formula is C25H32N2O4. The molecule has 6 heteroatoms. The quantitative estimate of drug-likeness (QED) is 0.655. The minimum absolute atomic E-state index is 0.0381. The lowest BCUT2D eigenvalue weighted by atomic mass is 9.81. The molecule has 2 fully saturated rings. The Hall–Kier alpha value is -2.44. The first kappa shape index (κ1) is 21.8. The molecule has 0 bridgehead atoms. The van der Waals surface area contributed by atoms with Crippen LogP contribution in [0, 0.1) is 0 Å². The van der Waals surface area contributed by atoms with E-state index in [2.05, 4.69) is 17.2 Å². The van der Waals surface area contributed by atoms with Gasteiger partial charge in [0.1, 0.15) is 5.75 Å². The lowest BCUT2D eigenvalue weighted by Gasteiger charge is -2.39. The van der Waals surface area contributed by atoms with Crippen molar-refractivity contribution in [2.75, 3.05) is 13.7 Å². The van der Waals surface area contributed by atoms with Crippen molar-refractivity contribution < 1.29 is 19.4 Å². The topological polar surface area (TPSA) is 80.7 Å². The molecule has 2 atom stereocenters. The van der Waals surface area contributed by atoms with Crippen molar-refractivity contribution in [3.63, 3.8) is 0 Å². The predicted molar refractivity (Wildman–Crippen MR) is 119 cm³/mol. The van der Waals surface area contributed by atoms with Crippen LogP contribution < -0.4 is 14.8 Å². The zero-order valence-electron chi connectivity index (χ0n) is 18.8. The Morgan fingerprint density at radius 2 is 2.03 bits per heavy atom. The van der Waals surface area contributed by atoms with Gasteiger partial charge in [-0.3, -0.25) is 4.79 Å². The van der Waals surface area contributed by atoms with E-state index in [-0.39, 0.29) is 5.78 Å². The first-order chi connectivity index (χ1) is 14.7. The van der Waals surface area contributed by atoms with Crippen molar-refractivity contribution in [3.05, 3.63) is 53.2 Å². The number of pyridine rings is 1. The summed E-state index contributed by atoms with van der Waals surface area (Å²) in [4.78, 5) is 18.4. The van der Waals surface area contributed by atoms with E-state index < -0.39 is 11.2 Å². The maximum atomic E-state index is 14.1. The minimum Gasteiger partial charge on any atom is -0.497 e. The standard InChI is InChI=1S/C25H32N2O4/c1-16-11-12-25(15-27-16,31-23-21(24(2,3)29)6-5-13-26-23)22(28)19-10-9-18(30-4)14-20(19)17-7-8-17/h5-6,9-10,13-14,16-17,27,29H,7-8,11-12,15H2,1-4H3/t16-,25-/m1/s1. The molecule has 0 unspecified atom stereocenters. The Morgan fingerprint density at radius 1 is 1.26 bits per heavy atom. The molecule has 0 spiro atoms. The number of benzene rings is 1. The smallest absolute Gasteiger partial charge is 0.220 e. The number of hydrogen-bond donors (Lipinski definition) is 2. The van der Waals surface area contributed by atoms with Gasteiger partial charge >= 0.3 is 0 Å². The van der Waals surface area contributed by atoms with Crippen molar-refractivity contribution in [1.82, 2.24) is 10.3 Å². The second-order valence-corrected chi connectivity index (χ2v) is 9.39. The predicted octanol–water partition coefficient (Wildman–Crippen LogP) is 3.97. The van der Waals surface area contributed by atoms with Crippen molar-refractivity contribution >= 4 is 5.78 Å². The van der Waals surface area contributed by atoms with Crippen LogP contribution in [0.15, 0.2) is 36.5 Å². The number of ether oxygens (including phenoxy) is 2. The van der Waals surface area contributed by atoms with Crippen LogP contribution in [0.5, 0.6) is 11.6 Å². The van der Waals surface area contributed by atoms with Crippen molar-refractivity contribution in [1.29, 1.82) is 0 Å². The molecule has 0 amide bonds. The fraction of sp³-hybridized carbons (Fsp3) is 0.520. The molecule has 1 aliphatic carbocycles. The third kappa shape index (κ3) is 4.46. The van der Waals surface area contributed by atoms with Crippen LogP contribution in [0.2, 0.25) is 0 Å². The summed E-state index contributed by atoms with van der Waals surface area (Å²) in [7, 11) is 1.64. The molecule has 6 nitrogen and oxygen atoms in total. The van der Waals surface area contributed by atoms with Crippen molar-refractivity contribution in [2.45, 2.75) is 69.6 Å². The number of hydrogen-bond acceptors (Lipinski definition) is 6. The summed E-state index contributed by atoms with van der Waals surface area (Å²) in [5.74, 6) is 1.42. The lowest BCUT2D eigenvalue weighted by Crippen LogP contribution is -2.58. The van der Waals surface area contributed by atoms with E-state index in [1.165, 1.54) is 0 Å². The molecule has 1 saturated carbocycles. The Kier molecular flexibility index (Phi) is 5.79. The Balaban J connectivity index is 1.75. The number of carbonyl (C=O) groups excluding carboxylic acids is 1. The molecule has 1 aromatic carbocycles. The van der Waals surface area contributed by atoms with E-state index in [0.29, 0.717) is 41.9 Å². The van der Waals surface area contributed by atoms with Gasteiger partial charge in [0.15, 0.2) is 5.60 Å². The molecule has 2 aliphatic rings. The van der Waals surface area contributed by atoms with Crippen molar-refractivity contribution in [3.8, 4) is 11.6 Å². The van der Waals surface area contributed by atoms with Crippen LogP contribution in [0.1, 0.15) is 73.9 Å². The highest BCUT2D eigenvalue weighted by molar-refractivity contribution is 6.04. The van der Waals surface area contributed by atoms with Crippen LogP contribution in [0.25, 0.3) is 0 Å². The first-order valence-electron chi connectivity index (χ1n) is 11.1. The summed E-state index contributed by atoms with van der Waals surface area (Å²) in [6, 6.07) is 9.57. The van der Waals surface area contributed by atoms with E-state index in [0.717, 1.165) is 30.6 Å². The Labute approximate surface area is 184 Å². The largest absolute Gasteiger partial charge is 0.497 e. The van der Waals surface area contributed by atoms with Gasteiger partial charge in [0.25, 0.3) is 0 Å². The summed E-state index contributed by atoms with van der Waals surface area (Å²) < 4.78 is 11.9. The number of ketones is 1. The lowest BCUT2D eigenvalue weighted by molar-refractivity contribution is 0.0197. The molecule has 1 aliphatic heterocycles. The number of methoxy groups -OCH3 is 1. The van der Waals surface area contributed by atoms with Gasteiger partial charge in [-0.2, -0.15) is 0 Å². The SMILES string of the molecule is COc1ccc(C(=O)[C@@]2(Oc3ncccc3C(C)(C)O)CC[C@@H](C)NC2)c(C2CC2)c1. The van der Waals surface area contributed by atoms with Crippen molar-refractivity contribution in [2.24, 2.45) is 0 Å². The summed E-state index contributed by atoms with van der Waals surface area (Å²) in [6.07, 6.45) is 5.19. The van der Waals surface area contributed by atoms with Gasteiger partial charge in [-0.15, -0.1) is 0 Å². The van der Waals surface area contributed by atoms with E-state index in [9.17, 15) is 9.90 Å². The molecule has 2 heterocycles. The molecule has 1 aromatic heterocycles. The number of aliphatic hydroxyl groups is 1. The van der Waals surface area contributed by atoms with Gasteiger partial charge in [-0.1, -0.05) is 0 Å². The number of nitrogens with zero attached hydrogens (tertiary/aromatic N) is 1. The second-order valence-electron chi connectivity index (χ2n) is 9.39. The maximum absolute atomic E-state index is 14.1. The van der Waals surface area contributed by atoms with Gasteiger partial charge in [-0.25, -0.2) is 4.98 Å². The molecular weight excluding hydrogens is 392 g/mol. The molecule has 31 heavy (non-hydrogen) atoms. The number of aromatic nitrogens is 1. The van der Waals surface area contributed by atoms with Crippen LogP contribution in [0.3, 0.4) is 0 Å². The molecule has 1 saturated heterocycles. The summed E-state index contributed by atoms with van der Waals surface area (Å²) >= 11 is 0. The summed E-state index contributed by atoms with van der Waals surface area (Å²) in [5, 5.41) is 14.1. The zero-order valence-corrected chi connectivity index (χ0v) is 18.8. The molecule has 0 radical (unpaired) electrons. The van der Waals surface area contributed by atoms with E-state index in [1.807, 2.05) is 18.2 Å². The van der Waals surface area contributed by atoms with Gasteiger partial charge in [0.05, 0.1) is 12.7 Å².